The molecule has 0 bridgehead atoms. The first-order valence-corrected chi connectivity index (χ1v) is 6.82. The number of aromatic amines is 1. The monoisotopic (exact) mass is 341 g/mol. The number of aromatic nitrogens is 4. The van der Waals surface area contributed by atoms with Gasteiger partial charge in [0.05, 0.1) is 17.2 Å². The third kappa shape index (κ3) is 2.17. The third-order valence-electron chi connectivity index (χ3n) is 3.33. The average Bonchev–Trinajstić information content (AvgIpc) is 2.95. The second kappa shape index (κ2) is 4.58. The predicted molar refractivity (Wildman–Crippen MR) is 70.7 cm³/mol. The maximum absolute atomic E-state index is 12.5. The number of nitrogens with zero attached hydrogens (tertiary/aromatic N) is 4. The Balaban J connectivity index is 1.77. The molecular formula is C11H12BrN5O3. The van der Waals surface area contributed by atoms with E-state index in [0.29, 0.717) is 5.82 Å². The van der Waals surface area contributed by atoms with Crippen LogP contribution in [0.1, 0.15) is 18.7 Å². The van der Waals surface area contributed by atoms with Crippen LogP contribution in [0, 0.1) is 0 Å². The van der Waals surface area contributed by atoms with Gasteiger partial charge in [-0.05, 0) is 28.8 Å². The Kier molecular flexibility index (Phi) is 3.00. The van der Waals surface area contributed by atoms with Crippen LogP contribution < -0.4 is 5.76 Å². The van der Waals surface area contributed by atoms with Crippen molar-refractivity contribution < 1.29 is 9.32 Å². The zero-order valence-electron chi connectivity index (χ0n) is 10.7. The van der Waals surface area contributed by atoms with E-state index in [2.05, 4.69) is 35.7 Å². The largest absolute Gasteiger partial charge is 0.438 e. The molecule has 1 amide bonds. The first-order valence-electron chi connectivity index (χ1n) is 6.02. The van der Waals surface area contributed by atoms with E-state index in [1.807, 2.05) is 0 Å². The van der Waals surface area contributed by atoms with Gasteiger partial charge in [-0.2, -0.15) is 5.10 Å². The van der Waals surface area contributed by atoms with Gasteiger partial charge in [0.2, 0.25) is 0 Å². The van der Waals surface area contributed by atoms with Crippen molar-refractivity contribution in [3.8, 4) is 0 Å². The number of amides is 1. The summed E-state index contributed by atoms with van der Waals surface area (Å²) >= 11 is 3.32. The van der Waals surface area contributed by atoms with Gasteiger partial charge in [0.25, 0.3) is 5.91 Å². The van der Waals surface area contributed by atoms with Crippen molar-refractivity contribution in [2.75, 3.05) is 7.05 Å². The first kappa shape index (κ1) is 13.1. The molecule has 8 nitrogen and oxygen atoms in total. The molecule has 0 spiro atoms. The van der Waals surface area contributed by atoms with Crippen LogP contribution in [0.15, 0.2) is 26.2 Å². The van der Waals surface area contributed by atoms with Gasteiger partial charge in [0.1, 0.15) is 5.54 Å². The topological polar surface area (TPSA) is 97.0 Å². The summed E-state index contributed by atoms with van der Waals surface area (Å²) in [5.74, 6) is -0.363. The summed E-state index contributed by atoms with van der Waals surface area (Å²) in [7, 11) is 1.66. The van der Waals surface area contributed by atoms with Gasteiger partial charge in [0.15, 0.2) is 5.82 Å². The molecule has 20 heavy (non-hydrogen) atoms. The van der Waals surface area contributed by atoms with Gasteiger partial charge in [-0.1, -0.05) is 5.16 Å². The maximum Gasteiger partial charge on any atom is 0.438 e. The van der Waals surface area contributed by atoms with Gasteiger partial charge in [-0.3, -0.25) is 19.0 Å². The number of likely N-dealkylation sites (N-methyl/N-ethyl adjacent to an activating group) is 1. The smallest absolute Gasteiger partial charge is 0.336 e. The lowest BCUT2D eigenvalue weighted by Crippen LogP contribution is -2.40. The van der Waals surface area contributed by atoms with E-state index in [9.17, 15) is 9.59 Å². The molecule has 2 heterocycles. The summed E-state index contributed by atoms with van der Waals surface area (Å²) in [4.78, 5) is 27.3. The minimum Gasteiger partial charge on any atom is -0.336 e. The molecular weight excluding hydrogens is 330 g/mol. The van der Waals surface area contributed by atoms with Crippen LogP contribution in [0.4, 0.5) is 0 Å². The van der Waals surface area contributed by atoms with Crippen LogP contribution in [-0.4, -0.2) is 37.8 Å². The molecule has 1 aliphatic rings. The number of carbonyl (C=O) groups excluding carboxylic acids is 1. The summed E-state index contributed by atoms with van der Waals surface area (Å²) in [6.45, 7) is 0.189. The lowest BCUT2D eigenvalue weighted by Gasteiger charge is -2.22. The summed E-state index contributed by atoms with van der Waals surface area (Å²) in [6.07, 6.45) is 4.94. The summed E-state index contributed by atoms with van der Waals surface area (Å²) in [5.41, 5.74) is -0.606. The molecule has 9 heteroatoms. The number of halogens is 1. The highest BCUT2D eigenvalue weighted by atomic mass is 79.9. The fourth-order valence-electron chi connectivity index (χ4n) is 2.17. The number of carbonyl (C=O) groups is 1. The minimum absolute atomic E-state index is 0.0584. The van der Waals surface area contributed by atoms with Crippen molar-refractivity contribution in [3.63, 3.8) is 0 Å². The van der Waals surface area contributed by atoms with Gasteiger partial charge in [-0.25, -0.2) is 4.79 Å². The van der Waals surface area contributed by atoms with Crippen molar-refractivity contribution >= 4 is 21.8 Å². The molecule has 0 aliphatic heterocycles. The second-order valence-corrected chi connectivity index (χ2v) is 5.75. The van der Waals surface area contributed by atoms with Crippen molar-refractivity contribution in [2.45, 2.75) is 24.9 Å². The Morgan fingerprint density at radius 2 is 2.40 bits per heavy atom. The number of rotatable bonds is 4. The van der Waals surface area contributed by atoms with Crippen LogP contribution in [-0.2, 0) is 16.9 Å². The second-order valence-electron chi connectivity index (χ2n) is 4.84. The van der Waals surface area contributed by atoms with E-state index < -0.39 is 11.3 Å². The van der Waals surface area contributed by atoms with E-state index in [-0.39, 0.29) is 12.5 Å². The lowest BCUT2D eigenvalue weighted by molar-refractivity contribution is -0.135. The molecule has 0 radical (unpaired) electrons. The minimum atomic E-state index is -0.627. The van der Waals surface area contributed by atoms with Gasteiger partial charge in [0, 0.05) is 13.2 Å². The molecule has 1 fully saturated rings. The van der Waals surface area contributed by atoms with E-state index in [0.717, 1.165) is 17.3 Å². The SMILES string of the molecule is CN(Cc1noc(=O)[nH]1)C(=O)C1(n2cc(Br)cn2)CC1. The van der Waals surface area contributed by atoms with Crippen LogP contribution >= 0.6 is 15.9 Å². The van der Waals surface area contributed by atoms with Crippen LogP contribution in [0.2, 0.25) is 0 Å². The van der Waals surface area contributed by atoms with Crippen molar-refractivity contribution in [1.29, 1.82) is 0 Å². The first-order chi connectivity index (χ1) is 9.51. The van der Waals surface area contributed by atoms with Crippen molar-refractivity contribution in [1.82, 2.24) is 24.8 Å². The number of nitrogens with one attached hydrogen (secondary N) is 1. The highest BCUT2D eigenvalue weighted by molar-refractivity contribution is 9.10. The Morgan fingerprint density at radius 3 is 2.90 bits per heavy atom. The molecule has 0 unspecified atom stereocenters. The molecule has 2 aromatic heterocycles. The Labute approximate surface area is 121 Å². The Hall–Kier alpha value is -1.90. The molecule has 0 saturated heterocycles. The molecule has 106 valence electrons. The van der Waals surface area contributed by atoms with Crippen molar-refractivity contribution in [3.05, 3.63) is 33.2 Å². The molecule has 1 N–H and O–H groups in total. The number of H-pyrrole nitrogens is 1. The number of hydrogen-bond acceptors (Lipinski definition) is 5. The summed E-state index contributed by atoms with van der Waals surface area (Å²) < 4.78 is 6.93. The van der Waals surface area contributed by atoms with E-state index in [1.165, 1.54) is 4.90 Å². The highest BCUT2D eigenvalue weighted by Gasteiger charge is 2.54. The maximum atomic E-state index is 12.5. The van der Waals surface area contributed by atoms with E-state index >= 15 is 0 Å². The molecule has 2 aromatic rings. The number of hydrogen-bond donors (Lipinski definition) is 1. The lowest BCUT2D eigenvalue weighted by atomic mass is 10.2. The zero-order valence-corrected chi connectivity index (χ0v) is 12.3. The quantitative estimate of drug-likeness (QED) is 0.871. The van der Waals surface area contributed by atoms with E-state index in [1.54, 1.807) is 24.1 Å². The van der Waals surface area contributed by atoms with Gasteiger partial charge >= 0.3 is 5.76 Å². The highest BCUT2D eigenvalue weighted by Crippen LogP contribution is 2.44. The third-order valence-corrected chi connectivity index (χ3v) is 3.74. The zero-order chi connectivity index (χ0) is 14.3. The molecule has 1 aliphatic carbocycles. The fourth-order valence-corrected chi connectivity index (χ4v) is 2.46. The van der Waals surface area contributed by atoms with Crippen LogP contribution in [0.25, 0.3) is 0 Å². The van der Waals surface area contributed by atoms with Gasteiger partial charge in [-0.15, -0.1) is 0 Å². The molecule has 0 aromatic carbocycles. The Morgan fingerprint density at radius 1 is 1.65 bits per heavy atom. The van der Waals surface area contributed by atoms with Gasteiger partial charge < -0.3 is 4.90 Å². The predicted octanol–water partition coefficient (Wildman–Crippen LogP) is 0.470. The fraction of sp³-hybridized carbons (Fsp3) is 0.455. The average molecular weight is 342 g/mol. The normalized spacial score (nSPS) is 16.1. The van der Waals surface area contributed by atoms with Crippen LogP contribution in [0.3, 0.4) is 0 Å². The summed E-state index contributed by atoms with van der Waals surface area (Å²) in [6, 6.07) is 0. The standard InChI is InChI=1S/C11H12BrN5O3/c1-16(6-8-14-10(19)20-15-8)9(18)11(2-3-11)17-5-7(12)4-13-17/h4-5H,2-3,6H2,1H3,(H,14,15,19). The molecule has 0 atom stereocenters. The summed E-state index contributed by atoms with van der Waals surface area (Å²) in [5, 5.41) is 7.75. The van der Waals surface area contributed by atoms with E-state index in [4.69, 9.17) is 0 Å². The Bertz CT molecular complexity index is 699. The van der Waals surface area contributed by atoms with Crippen LogP contribution in [0.5, 0.6) is 0 Å². The van der Waals surface area contributed by atoms with Crippen molar-refractivity contribution in [2.24, 2.45) is 0 Å². The molecule has 1 saturated carbocycles. The molecule has 3 rings (SSSR count).